The highest BCUT2D eigenvalue weighted by Gasteiger charge is 2.38. The molecule has 2 fully saturated rings. The second-order valence-corrected chi connectivity index (χ2v) is 19.0. The summed E-state index contributed by atoms with van der Waals surface area (Å²) in [5, 5.41) is 32.1. The lowest BCUT2D eigenvalue weighted by molar-refractivity contribution is -0.0173. The molecule has 320 valence electrons. The maximum Gasteiger partial charge on any atom is 0.162 e. The fourth-order valence-corrected chi connectivity index (χ4v) is 11.7. The summed E-state index contributed by atoms with van der Waals surface area (Å²) in [5.41, 5.74) is 8.71. The quantitative estimate of drug-likeness (QED) is 0.166. The summed E-state index contributed by atoms with van der Waals surface area (Å²) in [6, 6.07) is 26.2. The van der Waals surface area contributed by atoms with Gasteiger partial charge in [0.05, 0.1) is 11.3 Å². The van der Waals surface area contributed by atoms with E-state index in [2.05, 4.69) is 74.5 Å². The molecule has 2 N–H and O–H groups in total. The predicted molar refractivity (Wildman–Crippen MR) is 243 cm³/mol. The Morgan fingerprint density at radius 3 is 2.23 bits per heavy atom. The molecule has 3 aliphatic heterocycles. The number of aromatic nitrogens is 3. The molecule has 6 aromatic rings. The molecule has 5 heterocycles. The Bertz CT molecular complexity index is 2680. The van der Waals surface area contributed by atoms with E-state index < -0.39 is 5.60 Å². The molecule has 10 rings (SSSR count). The first-order valence-corrected chi connectivity index (χ1v) is 22.8. The van der Waals surface area contributed by atoms with Crippen molar-refractivity contribution in [1.82, 2.24) is 19.7 Å². The van der Waals surface area contributed by atoms with E-state index in [0.29, 0.717) is 43.4 Å². The zero-order valence-electron chi connectivity index (χ0n) is 35.8. The Labute approximate surface area is 366 Å². The van der Waals surface area contributed by atoms with Crippen LogP contribution in [-0.4, -0.2) is 87.0 Å². The fraction of sp³-hybridized carbons (Fsp3) is 0.380. The number of hydrogen-bond acceptors (Lipinski definition) is 9. The molecule has 3 atom stereocenters. The molecular weight excluding hydrogens is 801 g/mol. The van der Waals surface area contributed by atoms with Crippen molar-refractivity contribution < 1.29 is 19.0 Å². The van der Waals surface area contributed by atoms with E-state index in [1.807, 2.05) is 37.3 Å². The molecule has 4 aromatic carbocycles. The number of aromatic hydroxyl groups is 1. The van der Waals surface area contributed by atoms with E-state index in [9.17, 15) is 10.2 Å². The van der Waals surface area contributed by atoms with Crippen LogP contribution in [0.5, 0.6) is 5.75 Å². The number of benzene rings is 4. The molecule has 2 aromatic heterocycles. The molecule has 12 heteroatoms. The summed E-state index contributed by atoms with van der Waals surface area (Å²) in [6.45, 7) is 13.6. The highest BCUT2D eigenvalue weighted by molar-refractivity contribution is 7.15. The van der Waals surface area contributed by atoms with Gasteiger partial charge in [-0.15, -0.1) is 21.5 Å². The van der Waals surface area contributed by atoms with Gasteiger partial charge in [0.1, 0.15) is 34.3 Å². The Hall–Kier alpha value is -5.43. The van der Waals surface area contributed by atoms with Crippen molar-refractivity contribution in [3.05, 3.63) is 152 Å². The number of rotatable bonds is 7. The van der Waals surface area contributed by atoms with E-state index in [1.54, 1.807) is 35.6 Å². The minimum absolute atomic E-state index is 0.131. The fourth-order valence-electron chi connectivity index (χ4n) is 10.5. The van der Waals surface area contributed by atoms with Crippen LogP contribution in [0, 0.1) is 32.4 Å². The zero-order chi connectivity index (χ0) is 42.9. The molecule has 0 saturated carbocycles. The van der Waals surface area contributed by atoms with E-state index in [1.165, 1.54) is 16.5 Å². The first kappa shape index (κ1) is 40.6. The van der Waals surface area contributed by atoms with Gasteiger partial charge in [-0.25, -0.2) is 8.78 Å². The SMILES string of the molecule is Cc1sc2c(c1C)C(c1ccc(N3CCC(O)(CN4CCN(c5ccc([C@H]6c7ccc(O)cc7CC[C@H]6c6ccccc6F)c(F)c5)CC4)CC3)cc1)=N[C@@H](C)c1nnc(C)n1-2. The van der Waals surface area contributed by atoms with Crippen molar-refractivity contribution in [3.63, 3.8) is 0 Å². The summed E-state index contributed by atoms with van der Waals surface area (Å²) in [6.07, 6.45) is 2.70. The van der Waals surface area contributed by atoms with Gasteiger partial charge in [0, 0.05) is 79.1 Å². The second-order valence-electron chi connectivity index (χ2n) is 17.8. The van der Waals surface area contributed by atoms with Crippen LogP contribution < -0.4 is 9.80 Å². The lowest BCUT2D eigenvalue weighted by Gasteiger charge is -2.44. The molecule has 0 unspecified atom stereocenters. The third-order valence-electron chi connectivity index (χ3n) is 14.0. The number of aliphatic hydroxyl groups is 1. The Balaban J connectivity index is 0.774. The van der Waals surface area contributed by atoms with Gasteiger partial charge in [-0.3, -0.25) is 14.5 Å². The molecule has 0 bridgehead atoms. The van der Waals surface area contributed by atoms with Crippen LogP contribution in [-0.2, 0) is 6.42 Å². The molecule has 62 heavy (non-hydrogen) atoms. The van der Waals surface area contributed by atoms with E-state index in [-0.39, 0.29) is 35.3 Å². The molecule has 2 saturated heterocycles. The summed E-state index contributed by atoms with van der Waals surface area (Å²) < 4.78 is 33.7. The topological polar surface area (TPSA) is 93.2 Å². The number of anilines is 2. The maximum absolute atomic E-state index is 16.4. The number of piperazine rings is 1. The normalized spacial score (nSPS) is 21.2. The number of phenolic OH excluding ortho intramolecular Hbond substituents is 1. The third-order valence-corrected chi connectivity index (χ3v) is 15.2. The first-order chi connectivity index (χ1) is 29.9. The van der Waals surface area contributed by atoms with Crippen molar-refractivity contribution in [2.75, 3.05) is 55.6 Å². The number of phenols is 1. The monoisotopic (exact) mass is 853 g/mol. The lowest BCUT2D eigenvalue weighted by Crippen LogP contribution is -2.55. The number of β-amino-alcohol motifs (C(OH)–C–C–N with tert-alkyl or cyclic N) is 1. The second kappa shape index (κ2) is 16.0. The number of aliphatic imine (C=N–C) groups is 1. The van der Waals surface area contributed by atoms with E-state index >= 15 is 8.78 Å². The van der Waals surface area contributed by atoms with E-state index in [0.717, 1.165) is 95.3 Å². The van der Waals surface area contributed by atoms with Gasteiger partial charge in [-0.2, -0.15) is 0 Å². The smallest absolute Gasteiger partial charge is 0.162 e. The number of fused-ring (bicyclic) bond motifs is 4. The van der Waals surface area contributed by atoms with Crippen molar-refractivity contribution in [2.45, 2.75) is 76.9 Å². The van der Waals surface area contributed by atoms with Crippen LogP contribution in [0.2, 0.25) is 0 Å². The molecule has 1 aliphatic carbocycles. The number of thiophene rings is 1. The molecule has 0 radical (unpaired) electrons. The third kappa shape index (κ3) is 7.29. The van der Waals surface area contributed by atoms with Gasteiger partial charge in [-0.1, -0.05) is 42.5 Å². The Kier molecular flexibility index (Phi) is 10.5. The van der Waals surface area contributed by atoms with Crippen LogP contribution in [0.15, 0.2) is 89.9 Å². The van der Waals surface area contributed by atoms with Crippen molar-refractivity contribution in [1.29, 1.82) is 0 Å². The summed E-state index contributed by atoms with van der Waals surface area (Å²) in [7, 11) is 0. The van der Waals surface area contributed by atoms with Gasteiger partial charge in [0.25, 0.3) is 0 Å². The van der Waals surface area contributed by atoms with Crippen molar-refractivity contribution in [3.8, 4) is 10.8 Å². The Morgan fingerprint density at radius 1 is 0.774 bits per heavy atom. The first-order valence-electron chi connectivity index (χ1n) is 22.0. The van der Waals surface area contributed by atoms with Gasteiger partial charge in [-0.05, 0) is 130 Å². The standard InChI is InChI=1S/C50H53F2N7O2S/c1-30-32(3)62-49-45(30)47(53-31(2)48-55-54-33(4)59(48)49)34-9-12-36(13-10-34)57-21-19-50(61,20-22-57)29-56-23-25-58(26-24-56)37-14-17-42(44(52)28-37)46-39-18-15-38(60)27-35(39)11-16-41(46)40-7-5-6-8-43(40)51/h5-10,12-15,17-18,27-28,31,41,46,60-61H,11,16,19-26,29H2,1-4H3/t31-,41-,46-/m0/s1. The van der Waals surface area contributed by atoms with Gasteiger partial charge < -0.3 is 20.0 Å². The number of hydrogen-bond donors (Lipinski definition) is 2. The highest BCUT2D eigenvalue weighted by Crippen LogP contribution is 2.48. The predicted octanol–water partition coefficient (Wildman–Crippen LogP) is 9.17. The van der Waals surface area contributed by atoms with Crippen LogP contribution in [0.25, 0.3) is 5.00 Å². The molecule has 4 aliphatic rings. The molecule has 9 nitrogen and oxygen atoms in total. The molecule has 0 spiro atoms. The summed E-state index contributed by atoms with van der Waals surface area (Å²) in [4.78, 5) is 13.4. The number of nitrogens with zero attached hydrogens (tertiary/aromatic N) is 7. The largest absolute Gasteiger partial charge is 0.508 e. The zero-order valence-corrected chi connectivity index (χ0v) is 36.6. The maximum atomic E-state index is 16.4. The molecule has 0 amide bonds. The average Bonchev–Trinajstić information content (AvgIpc) is 3.76. The summed E-state index contributed by atoms with van der Waals surface area (Å²) in [5.74, 6) is 0.734. The van der Waals surface area contributed by atoms with Crippen LogP contribution in [0.4, 0.5) is 20.2 Å². The van der Waals surface area contributed by atoms with Gasteiger partial charge in [0.15, 0.2) is 5.82 Å². The lowest BCUT2D eigenvalue weighted by atomic mass is 9.69. The minimum Gasteiger partial charge on any atom is -0.508 e. The van der Waals surface area contributed by atoms with Crippen molar-refractivity contribution in [2.24, 2.45) is 4.99 Å². The number of halogens is 2. The van der Waals surface area contributed by atoms with Crippen molar-refractivity contribution >= 4 is 28.4 Å². The van der Waals surface area contributed by atoms with E-state index in [4.69, 9.17) is 4.99 Å². The minimum atomic E-state index is -0.776. The van der Waals surface area contributed by atoms with Crippen LogP contribution in [0.1, 0.15) is 99.5 Å². The highest BCUT2D eigenvalue weighted by atomic mass is 32.1. The van der Waals surface area contributed by atoms with Crippen LogP contribution >= 0.6 is 11.3 Å². The van der Waals surface area contributed by atoms with Gasteiger partial charge >= 0.3 is 0 Å². The number of aryl methyl sites for hydroxylation is 3. The van der Waals surface area contributed by atoms with Gasteiger partial charge in [0.2, 0.25) is 0 Å². The Morgan fingerprint density at radius 2 is 1.48 bits per heavy atom. The number of piperidine rings is 1. The average molecular weight is 854 g/mol. The molecular formula is C50H53F2N7O2S. The van der Waals surface area contributed by atoms with Crippen LogP contribution in [0.3, 0.4) is 0 Å². The summed E-state index contributed by atoms with van der Waals surface area (Å²) >= 11 is 1.77.